The lowest BCUT2D eigenvalue weighted by Gasteiger charge is -2.33. The number of hydrogen-bond acceptors (Lipinski definition) is 3. The zero-order chi connectivity index (χ0) is 15.1. The van der Waals surface area contributed by atoms with E-state index in [0.717, 1.165) is 0 Å². The number of nitriles is 1. The van der Waals surface area contributed by atoms with Crippen LogP contribution in [0.25, 0.3) is 0 Å². The lowest BCUT2D eigenvalue weighted by atomic mass is 9.76. The molecule has 0 aromatic heterocycles. The van der Waals surface area contributed by atoms with Gasteiger partial charge in [0.1, 0.15) is 11.8 Å². The normalized spacial score (nSPS) is 16.8. The van der Waals surface area contributed by atoms with Gasteiger partial charge in [-0.25, -0.2) is 0 Å². The molecule has 1 aromatic rings. The van der Waals surface area contributed by atoms with Gasteiger partial charge >= 0.3 is 0 Å². The molecule has 4 heteroatoms. The molecule has 0 unspecified atom stereocenters. The van der Waals surface area contributed by atoms with E-state index in [9.17, 15) is 4.79 Å². The average molecular weight is 286 g/mol. The van der Waals surface area contributed by atoms with Crippen molar-refractivity contribution in [1.29, 1.82) is 5.26 Å². The first kappa shape index (κ1) is 15.4. The molecule has 0 radical (unpaired) electrons. The minimum Gasteiger partial charge on any atom is -0.482 e. The second-order valence-electron chi connectivity index (χ2n) is 6.04. The van der Waals surface area contributed by atoms with E-state index in [1.165, 1.54) is 32.1 Å². The lowest BCUT2D eigenvalue weighted by Crippen LogP contribution is -2.39. The average Bonchev–Trinajstić information content (AvgIpc) is 2.52. The number of nitrogens with zero attached hydrogens (tertiary/aromatic N) is 1. The molecule has 0 aliphatic heterocycles. The zero-order valence-corrected chi connectivity index (χ0v) is 12.5. The Morgan fingerprint density at radius 2 is 2.05 bits per heavy atom. The third kappa shape index (κ3) is 4.49. The first-order valence-corrected chi connectivity index (χ1v) is 7.52. The summed E-state index contributed by atoms with van der Waals surface area (Å²) in [5.41, 5.74) is 0.669. The van der Waals surface area contributed by atoms with Gasteiger partial charge in [0.2, 0.25) is 0 Å². The van der Waals surface area contributed by atoms with Gasteiger partial charge in [-0.1, -0.05) is 38.3 Å². The molecule has 0 heterocycles. The molecule has 4 nitrogen and oxygen atoms in total. The largest absolute Gasteiger partial charge is 0.482 e. The van der Waals surface area contributed by atoms with Gasteiger partial charge in [0.05, 0.1) is 5.56 Å². The maximum Gasteiger partial charge on any atom is 0.257 e. The third-order valence-electron chi connectivity index (χ3n) is 4.14. The van der Waals surface area contributed by atoms with Crippen molar-refractivity contribution in [3.63, 3.8) is 0 Å². The fraction of sp³-hybridized carbons (Fsp3) is 0.529. The monoisotopic (exact) mass is 286 g/mol. The number of ether oxygens (including phenoxy) is 1. The highest BCUT2D eigenvalue weighted by molar-refractivity contribution is 5.77. The highest BCUT2D eigenvalue weighted by atomic mass is 16.5. The maximum atomic E-state index is 11.9. The summed E-state index contributed by atoms with van der Waals surface area (Å²) in [5, 5.41) is 11.9. The number of carbonyl (C=O) groups is 1. The number of amides is 1. The van der Waals surface area contributed by atoms with E-state index >= 15 is 0 Å². The van der Waals surface area contributed by atoms with Crippen LogP contribution in [-0.2, 0) is 4.79 Å². The predicted molar refractivity (Wildman–Crippen MR) is 80.9 cm³/mol. The van der Waals surface area contributed by atoms with Gasteiger partial charge < -0.3 is 10.1 Å². The molecule has 0 spiro atoms. The molecule has 1 saturated carbocycles. The van der Waals surface area contributed by atoms with E-state index in [2.05, 4.69) is 18.3 Å². The van der Waals surface area contributed by atoms with Crippen LogP contribution in [0.15, 0.2) is 24.3 Å². The van der Waals surface area contributed by atoms with Crippen LogP contribution in [0, 0.1) is 16.7 Å². The van der Waals surface area contributed by atoms with Gasteiger partial charge in [-0.3, -0.25) is 4.79 Å². The summed E-state index contributed by atoms with van der Waals surface area (Å²) in [7, 11) is 0. The molecule has 21 heavy (non-hydrogen) atoms. The standard InChI is InChI=1S/C17H22N2O2/c1-17(9-5-2-6-10-17)13-19-16(20)12-21-15-8-4-3-7-14(15)11-18/h3-4,7-8H,2,5-6,9-10,12-13H2,1H3,(H,19,20). The Morgan fingerprint density at radius 1 is 1.33 bits per heavy atom. The first-order valence-electron chi connectivity index (χ1n) is 7.52. The van der Waals surface area contributed by atoms with Gasteiger partial charge in [0.25, 0.3) is 5.91 Å². The quantitative estimate of drug-likeness (QED) is 0.905. The fourth-order valence-corrected chi connectivity index (χ4v) is 2.77. The molecule has 2 rings (SSSR count). The number of rotatable bonds is 5. The van der Waals surface area contributed by atoms with E-state index in [1.54, 1.807) is 24.3 Å². The molecule has 1 fully saturated rings. The molecular formula is C17H22N2O2. The van der Waals surface area contributed by atoms with Crippen LogP contribution in [0.1, 0.15) is 44.6 Å². The Kier molecular flexibility index (Phi) is 5.21. The van der Waals surface area contributed by atoms with Crippen LogP contribution in [-0.4, -0.2) is 19.1 Å². The van der Waals surface area contributed by atoms with Crippen LogP contribution < -0.4 is 10.1 Å². The van der Waals surface area contributed by atoms with Crippen molar-refractivity contribution in [2.24, 2.45) is 5.41 Å². The second-order valence-corrected chi connectivity index (χ2v) is 6.04. The molecule has 112 valence electrons. The Labute approximate surface area is 126 Å². The van der Waals surface area contributed by atoms with Gasteiger partial charge in [0, 0.05) is 6.54 Å². The van der Waals surface area contributed by atoms with Crippen LogP contribution >= 0.6 is 0 Å². The summed E-state index contributed by atoms with van der Waals surface area (Å²) >= 11 is 0. The Morgan fingerprint density at radius 3 is 2.76 bits per heavy atom. The van der Waals surface area contributed by atoms with Crippen LogP contribution in [0.5, 0.6) is 5.75 Å². The fourth-order valence-electron chi connectivity index (χ4n) is 2.77. The van der Waals surface area contributed by atoms with E-state index < -0.39 is 0 Å². The van der Waals surface area contributed by atoms with Crippen molar-refractivity contribution in [3.8, 4) is 11.8 Å². The number of carbonyl (C=O) groups excluding carboxylic acids is 1. The van der Waals surface area contributed by atoms with E-state index in [-0.39, 0.29) is 17.9 Å². The van der Waals surface area contributed by atoms with Crippen molar-refractivity contribution in [2.45, 2.75) is 39.0 Å². The van der Waals surface area contributed by atoms with Crippen molar-refractivity contribution >= 4 is 5.91 Å². The molecule has 0 saturated heterocycles. The van der Waals surface area contributed by atoms with Crippen molar-refractivity contribution in [2.75, 3.05) is 13.2 Å². The highest BCUT2D eigenvalue weighted by Crippen LogP contribution is 2.34. The van der Waals surface area contributed by atoms with Gasteiger partial charge in [-0.2, -0.15) is 5.26 Å². The minimum absolute atomic E-state index is 0.0469. The van der Waals surface area contributed by atoms with Crippen molar-refractivity contribution in [3.05, 3.63) is 29.8 Å². The molecule has 0 atom stereocenters. The molecule has 1 aliphatic carbocycles. The third-order valence-corrected chi connectivity index (χ3v) is 4.14. The minimum atomic E-state index is -0.130. The topological polar surface area (TPSA) is 62.1 Å². The Balaban J connectivity index is 1.78. The predicted octanol–water partition coefficient (Wildman–Crippen LogP) is 3.02. The van der Waals surface area contributed by atoms with Crippen molar-refractivity contribution < 1.29 is 9.53 Å². The van der Waals surface area contributed by atoms with Gasteiger partial charge in [-0.15, -0.1) is 0 Å². The van der Waals surface area contributed by atoms with Crippen molar-refractivity contribution in [1.82, 2.24) is 5.32 Å². The number of hydrogen-bond donors (Lipinski definition) is 1. The zero-order valence-electron chi connectivity index (χ0n) is 12.5. The molecular weight excluding hydrogens is 264 g/mol. The summed E-state index contributed by atoms with van der Waals surface area (Å²) in [4.78, 5) is 11.9. The molecule has 1 N–H and O–H groups in total. The first-order chi connectivity index (χ1) is 10.1. The molecule has 1 aliphatic rings. The second kappa shape index (κ2) is 7.12. The summed E-state index contributed by atoms with van der Waals surface area (Å²) < 4.78 is 5.43. The van der Waals surface area contributed by atoms with Crippen LogP contribution in [0.2, 0.25) is 0 Å². The molecule has 1 amide bonds. The summed E-state index contributed by atoms with van der Waals surface area (Å²) in [6, 6.07) is 8.99. The summed E-state index contributed by atoms with van der Waals surface area (Å²) in [6.07, 6.45) is 6.14. The SMILES string of the molecule is CC1(CNC(=O)COc2ccccc2C#N)CCCCC1. The summed E-state index contributed by atoms with van der Waals surface area (Å²) in [6.45, 7) is 2.89. The van der Waals surface area contributed by atoms with Crippen LogP contribution in [0.3, 0.4) is 0 Å². The van der Waals surface area contributed by atoms with Gasteiger partial charge in [-0.05, 0) is 30.4 Å². The molecule has 0 bridgehead atoms. The highest BCUT2D eigenvalue weighted by Gasteiger charge is 2.27. The van der Waals surface area contributed by atoms with E-state index in [4.69, 9.17) is 10.00 Å². The van der Waals surface area contributed by atoms with E-state index in [1.807, 2.05) is 0 Å². The number of nitrogens with one attached hydrogen (secondary N) is 1. The number of benzene rings is 1. The summed E-state index contributed by atoms with van der Waals surface area (Å²) in [5.74, 6) is 0.327. The molecule has 1 aromatic carbocycles. The lowest BCUT2D eigenvalue weighted by molar-refractivity contribution is -0.123. The Hall–Kier alpha value is -2.02. The Bertz CT molecular complexity index is 528. The maximum absolute atomic E-state index is 11.9. The van der Waals surface area contributed by atoms with Crippen LogP contribution in [0.4, 0.5) is 0 Å². The van der Waals surface area contributed by atoms with E-state index in [0.29, 0.717) is 17.9 Å². The smallest absolute Gasteiger partial charge is 0.257 e. The van der Waals surface area contributed by atoms with Gasteiger partial charge in [0.15, 0.2) is 6.61 Å². The number of para-hydroxylation sites is 1.